The minimum absolute atomic E-state index is 0. The molecule has 0 radical (unpaired) electrons. The van der Waals surface area contributed by atoms with Crippen molar-refractivity contribution in [1.29, 1.82) is 0 Å². The third-order valence-electron chi connectivity index (χ3n) is 3.21. The summed E-state index contributed by atoms with van der Waals surface area (Å²) in [5, 5.41) is 3.04. The van der Waals surface area contributed by atoms with Gasteiger partial charge in [0.1, 0.15) is 0 Å². The number of hydrogen-bond donors (Lipinski definition) is 1. The van der Waals surface area contributed by atoms with Gasteiger partial charge in [0.15, 0.2) is 0 Å². The van der Waals surface area contributed by atoms with E-state index < -0.39 is 21.8 Å². The van der Waals surface area contributed by atoms with Crippen LogP contribution in [0.3, 0.4) is 0 Å². The molecular weight excluding hydrogens is 329 g/mol. The zero-order valence-corrected chi connectivity index (χ0v) is 12.9. The van der Waals surface area contributed by atoms with Crippen LogP contribution in [0.5, 0.6) is 0 Å². The monoisotopic (exact) mass is 344 g/mol. The average Bonchev–Trinajstić information content (AvgIpc) is 2.38. The molecule has 0 aromatic heterocycles. The molecule has 2 rings (SSSR count). The molecule has 1 aromatic carbocycles. The predicted octanol–water partition coefficient (Wildman–Crippen LogP) is 2.11. The smallest absolute Gasteiger partial charge is 0.314 e. The van der Waals surface area contributed by atoms with Crippen molar-refractivity contribution in [3.8, 4) is 0 Å². The predicted molar refractivity (Wildman–Crippen MR) is 74.9 cm³/mol. The molecule has 9 heteroatoms. The van der Waals surface area contributed by atoms with E-state index in [2.05, 4.69) is 5.32 Å². The second-order valence-corrected chi connectivity index (χ2v) is 6.59. The molecule has 1 heterocycles. The van der Waals surface area contributed by atoms with E-state index in [0.29, 0.717) is 19.2 Å². The van der Waals surface area contributed by atoms with E-state index in [4.69, 9.17) is 0 Å². The van der Waals surface area contributed by atoms with Gasteiger partial charge < -0.3 is 5.32 Å². The van der Waals surface area contributed by atoms with Crippen LogP contribution in [0.15, 0.2) is 29.2 Å². The Balaban J connectivity index is 0.00000220. The highest BCUT2D eigenvalue weighted by Crippen LogP contribution is 2.31. The molecular formula is C12H16ClF3N2O2S. The van der Waals surface area contributed by atoms with Crippen molar-refractivity contribution in [1.82, 2.24) is 9.62 Å². The minimum atomic E-state index is -4.55. The Morgan fingerprint density at radius 2 is 2.00 bits per heavy atom. The molecule has 1 aliphatic heterocycles. The first-order valence-electron chi connectivity index (χ1n) is 6.13. The summed E-state index contributed by atoms with van der Waals surface area (Å²) in [6, 6.07) is 3.56. The first-order valence-corrected chi connectivity index (χ1v) is 7.57. The zero-order valence-electron chi connectivity index (χ0n) is 11.2. The van der Waals surface area contributed by atoms with Crippen molar-refractivity contribution >= 4 is 22.4 Å². The molecule has 1 unspecified atom stereocenters. The van der Waals surface area contributed by atoms with E-state index in [0.717, 1.165) is 12.1 Å². The van der Waals surface area contributed by atoms with E-state index in [1.807, 2.05) is 0 Å². The molecule has 1 aliphatic rings. The lowest BCUT2D eigenvalue weighted by Crippen LogP contribution is -2.52. The maximum Gasteiger partial charge on any atom is 0.416 e. The number of hydrogen-bond acceptors (Lipinski definition) is 3. The van der Waals surface area contributed by atoms with Crippen molar-refractivity contribution in [2.24, 2.45) is 0 Å². The molecule has 1 aromatic rings. The Labute approximate surface area is 127 Å². The van der Waals surface area contributed by atoms with Gasteiger partial charge in [0.2, 0.25) is 10.0 Å². The van der Waals surface area contributed by atoms with Gasteiger partial charge >= 0.3 is 6.18 Å². The molecule has 1 N–H and O–H groups in total. The van der Waals surface area contributed by atoms with Gasteiger partial charge in [-0.2, -0.15) is 17.5 Å². The molecule has 0 amide bonds. The molecule has 4 nitrogen and oxygen atoms in total. The van der Waals surface area contributed by atoms with Gasteiger partial charge in [0, 0.05) is 25.7 Å². The van der Waals surface area contributed by atoms with Crippen LogP contribution in [-0.2, 0) is 16.2 Å². The highest BCUT2D eigenvalue weighted by Gasteiger charge is 2.34. The Morgan fingerprint density at radius 3 is 2.57 bits per heavy atom. The van der Waals surface area contributed by atoms with Crippen molar-refractivity contribution < 1.29 is 21.6 Å². The lowest BCUT2D eigenvalue weighted by Gasteiger charge is -2.32. The SMILES string of the molecule is CC1CNCCN1S(=O)(=O)c1cccc(C(F)(F)F)c1.Cl. The van der Waals surface area contributed by atoms with Crippen LogP contribution in [-0.4, -0.2) is 38.4 Å². The average molecular weight is 345 g/mol. The summed E-state index contributed by atoms with van der Waals surface area (Å²) in [5.41, 5.74) is -0.957. The minimum Gasteiger partial charge on any atom is -0.314 e. The third kappa shape index (κ3) is 3.88. The van der Waals surface area contributed by atoms with Crippen LogP contribution in [0.25, 0.3) is 0 Å². The topological polar surface area (TPSA) is 49.4 Å². The fraction of sp³-hybridized carbons (Fsp3) is 0.500. The van der Waals surface area contributed by atoms with Gasteiger partial charge in [-0.3, -0.25) is 0 Å². The largest absolute Gasteiger partial charge is 0.416 e. The summed E-state index contributed by atoms with van der Waals surface area (Å²) in [6.07, 6.45) is -4.55. The molecule has 1 atom stereocenters. The summed E-state index contributed by atoms with van der Waals surface area (Å²) in [4.78, 5) is -0.318. The number of benzene rings is 1. The summed E-state index contributed by atoms with van der Waals surface area (Å²) in [7, 11) is -3.90. The van der Waals surface area contributed by atoms with Crippen LogP contribution in [0.4, 0.5) is 13.2 Å². The summed E-state index contributed by atoms with van der Waals surface area (Å²) in [5.74, 6) is 0. The van der Waals surface area contributed by atoms with Crippen molar-refractivity contribution in [2.45, 2.75) is 24.0 Å². The number of alkyl halides is 3. The zero-order chi connectivity index (χ0) is 15.0. The number of piperazine rings is 1. The van der Waals surface area contributed by atoms with E-state index >= 15 is 0 Å². The van der Waals surface area contributed by atoms with E-state index in [9.17, 15) is 21.6 Å². The van der Waals surface area contributed by atoms with Crippen LogP contribution in [0.1, 0.15) is 12.5 Å². The van der Waals surface area contributed by atoms with E-state index in [1.54, 1.807) is 6.92 Å². The summed E-state index contributed by atoms with van der Waals surface area (Å²) < 4.78 is 64.0. The van der Waals surface area contributed by atoms with E-state index in [1.165, 1.54) is 10.4 Å². The van der Waals surface area contributed by atoms with Crippen molar-refractivity contribution in [3.63, 3.8) is 0 Å². The van der Waals surface area contributed by atoms with Gasteiger partial charge in [-0.25, -0.2) is 8.42 Å². The Kier molecular flexibility index (Phi) is 5.65. The molecule has 0 bridgehead atoms. The molecule has 120 valence electrons. The summed E-state index contributed by atoms with van der Waals surface area (Å²) in [6.45, 7) is 2.94. The lowest BCUT2D eigenvalue weighted by atomic mass is 10.2. The normalized spacial score (nSPS) is 20.9. The quantitative estimate of drug-likeness (QED) is 0.894. The highest BCUT2D eigenvalue weighted by molar-refractivity contribution is 7.89. The number of halogens is 4. The molecule has 0 saturated carbocycles. The number of nitrogens with one attached hydrogen (secondary N) is 1. The van der Waals surface area contributed by atoms with Gasteiger partial charge in [0.25, 0.3) is 0 Å². The number of sulfonamides is 1. The van der Waals surface area contributed by atoms with Crippen molar-refractivity contribution in [2.75, 3.05) is 19.6 Å². The second kappa shape index (κ2) is 6.51. The fourth-order valence-corrected chi connectivity index (χ4v) is 3.82. The highest BCUT2D eigenvalue weighted by atomic mass is 35.5. The first-order chi connectivity index (χ1) is 9.23. The van der Waals surface area contributed by atoms with Crippen LogP contribution in [0.2, 0.25) is 0 Å². The molecule has 1 fully saturated rings. The number of rotatable bonds is 2. The van der Waals surface area contributed by atoms with Crippen molar-refractivity contribution in [3.05, 3.63) is 29.8 Å². The maximum atomic E-state index is 12.7. The second-order valence-electron chi connectivity index (χ2n) is 4.69. The van der Waals surface area contributed by atoms with Gasteiger partial charge in [-0.1, -0.05) is 6.07 Å². The molecule has 0 aliphatic carbocycles. The van der Waals surface area contributed by atoms with Gasteiger partial charge in [0.05, 0.1) is 10.5 Å². The number of nitrogens with zero attached hydrogens (tertiary/aromatic N) is 1. The standard InChI is InChI=1S/C12H15F3N2O2S.ClH/c1-9-8-16-5-6-17(9)20(18,19)11-4-2-3-10(7-11)12(13,14)15;/h2-4,7,9,16H,5-6,8H2,1H3;1H. The van der Waals surface area contributed by atoms with E-state index in [-0.39, 0.29) is 29.9 Å². The molecule has 0 spiro atoms. The Bertz CT molecular complexity index is 592. The van der Waals surface area contributed by atoms with Gasteiger partial charge in [-0.05, 0) is 25.1 Å². The van der Waals surface area contributed by atoms with Crippen LogP contribution >= 0.6 is 12.4 Å². The van der Waals surface area contributed by atoms with Gasteiger partial charge in [-0.15, -0.1) is 12.4 Å². The maximum absolute atomic E-state index is 12.7. The van der Waals surface area contributed by atoms with Crippen LogP contribution in [0, 0.1) is 0 Å². The van der Waals surface area contributed by atoms with Crippen LogP contribution < -0.4 is 5.32 Å². The Morgan fingerprint density at radius 1 is 1.33 bits per heavy atom. The third-order valence-corrected chi connectivity index (χ3v) is 5.22. The molecule has 21 heavy (non-hydrogen) atoms. The Hall–Kier alpha value is -0.830. The lowest BCUT2D eigenvalue weighted by molar-refractivity contribution is -0.137. The molecule has 1 saturated heterocycles. The fourth-order valence-electron chi connectivity index (χ4n) is 2.15. The summed E-state index contributed by atoms with van der Waals surface area (Å²) >= 11 is 0. The first kappa shape index (κ1) is 18.2.